The van der Waals surface area contributed by atoms with Gasteiger partial charge in [0.05, 0.1) is 6.42 Å². The Morgan fingerprint density at radius 3 is 2.52 bits per heavy atom. The fourth-order valence-electron chi connectivity index (χ4n) is 4.35. The number of H-pyrrole nitrogens is 1. The molecule has 0 spiro atoms. The van der Waals surface area contributed by atoms with E-state index in [1.807, 2.05) is 56.0 Å². The fourth-order valence-corrected chi connectivity index (χ4v) is 4.35. The highest BCUT2D eigenvalue weighted by Gasteiger charge is 2.37. The van der Waals surface area contributed by atoms with Crippen LogP contribution in [0.3, 0.4) is 0 Å². The highest BCUT2D eigenvalue weighted by atomic mass is 16.2. The van der Waals surface area contributed by atoms with Crippen molar-refractivity contribution in [1.82, 2.24) is 25.0 Å². The van der Waals surface area contributed by atoms with Crippen molar-refractivity contribution >= 4 is 11.8 Å². The lowest BCUT2D eigenvalue weighted by Gasteiger charge is -2.40. The Morgan fingerprint density at radius 1 is 1.09 bits per heavy atom. The Hall–Kier alpha value is -3.48. The molecule has 2 amide bonds. The fraction of sp³-hybridized carbons (Fsp3) is 0.385. The van der Waals surface area contributed by atoms with E-state index in [4.69, 9.17) is 0 Å². The average Bonchev–Trinajstić information content (AvgIpc) is 3.30. The van der Waals surface area contributed by atoms with Crippen LogP contribution in [0.1, 0.15) is 43.9 Å². The maximum atomic E-state index is 13.4. The van der Waals surface area contributed by atoms with Crippen molar-refractivity contribution in [2.75, 3.05) is 19.6 Å². The molecule has 1 fully saturated rings. The van der Waals surface area contributed by atoms with Crippen molar-refractivity contribution in [2.24, 2.45) is 0 Å². The monoisotopic (exact) mass is 445 g/mol. The molecule has 7 nitrogen and oxygen atoms in total. The van der Waals surface area contributed by atoms with Gasteiger partial charge >= 0.3 is 0 Å². The molecule has 1 aromatic heterocycles. The van der Waals surface area contributed by atoms with Crippen LogP contribution in [-0.2, 0) is 22.4 Å². The summed E-state index contributed by atoms with van der Waals surface area (Å²) >= 11 is 0. The summed E-state index contributed by atoms with van der Waals surface area (Å²) in [5.74, 6) is 1.31. The Kier molecular flexibility index (Phi) is 6.87. The minimum atomic E-state index is -0.538. The Labute approximate surface area is 194 Å². The van der Waals surface area contributed by atoms with E-state index in [1.54, 1.807) is 4.90 Å². The predicted molar refractivity (Wildman–Crippen MR) is 128 cm³/mol. The molecule has 1 atom stereocenters. The molecule has 0 unspecified atom stereocenters. The van der Waals surface area contributed by atoms with E-state index in [-0.39, 0.29) is 24.2 Å². The lowest BCUT2D eigenvalue weighted by molar-refractivity contribution is -0.151. The lowest BCUT2D eigenvalue weighted by atomic mass is 9.93. The predicted octanol–water partition coefficient (Wildman–Crippen LogP) is 3.44. The number of aromatic nitrogens is 3. The highest BCUT2D eigenvalue weighted by Crippen LogP contribution is 2.27. The molecule has 172 valence electrons. The van der Waals surface area contributed by atoms with Crippen molar-refractivity contribution < 1.29 is 9.59 Å². The van der Waals surface area contributed by atoms with Crippen LogP contribution in [0.5, 0.6) is 0 Å². The maximum absolute atomic E-state index is 13.4. The second-order valence-corrected chi connectivity index (χ2v) is 8.72. The zero-order valence-corrected chi connectivity index (χ0v) is 19.5. The van der Waals surface area contributed by atoms with Crippen LogP contribution in [-0.4, -0.2) is 62.5 Å². The van der Waals surface area contributed by atoms with Gasteiger partial charge in [-0.25, -0.2) is 4.98 Å². The van der Waals surface area contributed by atoms with E-state index in [2.05, 4.69) is 39.4 Å². The number of likely N-dealkylation sites (N-methyl/N-ethyl adjacent to an activating group) is 1. The van der Waals surface area contributed by atoms with Crippen LogP contribution in [0, 0.1) is 0 Å². The van der Waals surface area contributed by atoms with Gasteiger partial charge in [-0.15, -0.1) is 0 Å². The van der Waals surface area contributed by atoms with Crippen LogP contribution >= 0.6 is 0 Å². The Balaban J connectivity index is 1.60. The summed E-state index contributed by atoms with van der Waals surface area (Å²) in [5, 5.41) is 7.08. The lowest BCUT2D eigenvalue weighted by Crippen LogP contribution is -2.59. The minimum absolute atomic E-state index is 0.000374. The van der Waals surface area contributed by atoms with Gasteiger partial charge < -0.3 is 9.80 Å². The van der Waals surface area contributed by atoms with Crippen molar-refractivity contribution in [1.29, 1.82) is 0 Å². The highest BCUT2D eigenvalue weighted by molar-refractivity contribution is 5.90. The molecule has 1 aliphatic rings. The van der Waals surface area contributed by atoms with Gasteiger partial charge in [0.15, 0.2) is 5.82 Å². The molecule has 0 saturated carbocycles. The molecule has 3 aromatic rings. The van der Waals surface area contributed by atoms with Crippen molar-refractivity contribution in [3.63, 3.8) is 0 Å². The number of hydrogen-bond donors (Lipinski definition) is 1. The van der Waals surface area contributed by atoms with E-state index < -0.39 is 6.04 Å². The second kappa shape index (κ2) is 9.98. The summed E-state index contributed by atoms with van der Waals surface area (Å²) < 4.78 is 0. The number of rotatable bonds is 7. The number of nitrogens with one attached hydrogen (secondary N) is 1. The van der Waals surface area contributed by atoms with Crippen molar-refractivity contribution in [3.8, 4) is 11.1 Å². The molecule has 2 aromatic carbocycles. The van der Waals surface area contributed by atoms with Gasteiger partial charge in [-0.1, -0.05) is 68.4 Å². The Bertz CT molecular complexity index is 1110. The molecular formula is C26H31N5O2. The van der Waals surface area contributed by atoms with Crippen LogP contribution in [0.2, 0.25) is 0 Å². The molecule has 0 aliphatic carbocycles. The molecule has 1 N–H and O–H groups in total. The van der Waals surface area contributed by atoms with Gasteiger partial charge in [0.25, 0.3) is 0 Å². The van der Waals surface area contributed by atoms with Crippen molar-refractivity contribution in [3.05, 3.63) is 71.8 Å². The summed E-state index contributed by atoms with van der Waals surface area (Å²) in [6, 6.07) is 17.7. The minimum Gasteiger partial charge on any atom is -0.339 e. The summed E-state index contributed by atoms with van der Waals surface area (Å²) in [7, 11) is 0. The molecule has 1 saturated heterocycles. The van der Waals surface area contributed by atoms with Crippen LogP contribution < -0.4 is 0 Å². The zero-order valence-electron chi connectivity index (χ0n) is 19.5. The largest absolute Gasteiger partial charge is 0.339 e. The summed E-state index contributed by atoms with van der Waals surface area (Å²) in [6.45, 7) is 7.70. The first-order valence-corrected chi connectivity index (χ1v) is 11.6. The molecule has 7 heteroatoms. The van der Waals surface area contributed by atoms with Gasteiger partial charge in [0.1, 0.15) is 11.9 Å². The van der Waals surface area contributed by atoms with Crippen LogP contribution in [0.15, 0.2) is 54.6 Å². The summed E-state index contributed by atoms with van der Waals surface area (Å²) in [5.41, 5.74) is 3.24. The standard InChI is InChI=1S/C26H31N5O2/c1-4-30-14-15-31(24(32)17-23-27-25(18(2)3)29-28-23)22(26(30)33)16-20-12-8-9-13-21(20)19-10-6-5-7-11-19/h5-13,18,22H,4,14-17H2,1-3H3,(H,27,28,29)/t22-/m1/s1. The SMILES string of the molecule is CCN1CCN(C(=O)Cc2nc(C(C)C)n[nH]2)[C@H](Cc2ccccc2-c2ccccc2)C1=O. The van der Waals surface area contributed by atoms with Crippen molar-refractivity contribution in [2.45, 2.75) is 45.6 Å². The number of nitrogens with zero attached hydrogens (tertiary/aromatic N) is 4. The third-order valence-corrected chi connectivity index (χ3v) is 6.19. The molecule has 2 heterocycles. The van der Waals surface area contributed by atoms with Gasteiger partial charge in [-0.05, 0) is 23.6 Å². The third kappa shape index (κ3) is 4.97. The third-order valence-electron chi connectivity index (χ3n) is 6.19. The molecule has 0 radical (unpaired) electrons. The topological polar surface area (TPSA) is 82.2 Å². The Morgan fingerprint density at radius 2 is 1.82 bits per heavy atom. The van der Waals surface area contributed by atoms with E-state index in [0.29, 0.717) is 37.7 Å². The van der Waals surface area contributed by atoms with Gasteiger partial charge in [-0.2, -0.15) is 5.10 Å². The molecular weight excluding hydrogens is 414 g/mol. The first-order chi connectivity index (χ1) is 16.0. The number of amides is 2. The quantitative estimate of drug-likeness (QED) is 0.604. The summed E-state index contributed by atoms with van der Waals surface area (Å²) in [6.07, 6.45) is 0.579. The first-order valence-electron chi connectivity index (χ1n) is 11.6. The number of benzene rings is 2. The maximum Gasteiger partial charge on any atom is 0.245 e. The second-order valence-electron chi connectivity index (χ2n) is 8.72. The summed E-state index contributed by atoms with van der Waals surface area (Å²) in [4.78, 5) is 34.7. The number of piperazine rings is 1. The van der Waals surface area contributed by atoms with E-state index in [9.17, 15) is 9.59 Å². The van der Waals surface area contributed by atoms with Gasteiger partial charge in [0, 0.05) is 32.0 Å². The van der Waals surface area contributed by atoms with E-state index in [0.717, 1.165) is 16.7 Å². The smallest absolute Gasteiger partial charge is 0.245 e. The normalized spacial score (nSPS) is 16.5. The van der Waals surface area contributed by atoms with Crippen LogP contribution in [0.4, 0.5) is 0 Å². The molecule has 33 heavy (non-hydrogen) atoms. The molecule has 1 aliphatic heterocycles. The first kappa shape index (κ1) is 22.7. The number of hydrogen-bond acceptors (Lipinski definition) is 4. The number of carbonyl (C=O) groups is 2. The van der Waals surface area contributed by atoms with Crippen LogP contribution in [0.25, 0.3) is 11.1 Å². The molecule has 4 rings (SSSR count). The van der Waals surface area contributed by atoms with E-state index >= 15 is 0 Å². The van der Waals surface area contributed by atoms with E-state index in [1.165, 1.54) is 0 Å². The van der Waals surface area contributed by atoms with Gasteiger partial charge in [-0.3, -0.25) is 14.7 Å². The average molecular weight is 446 g/mol. The zero-order chi connectivity index (χ0) is 23.4. The molecule has 0 bridgehead atoms. The number of carbonyl (C=O) groups excluding carboxylic acids is 2. The van der Waals surface area contributed by atoms with Gasteiger partial charge in [0.2, 0.25) is 11.8 Å². The number of aromatic amines is 1.